The van der Waals surface area contributed by atoms with Crippen LogP contribution in [0.3, 0.4) is 0 Å². The smallest absolute Gasteiger partial charge is 0.237 e. The van der Waals surface area contributed by atoms with Crippen molar-refractivity contribution in [1.82, 2.24) is 10.6 Å². The van der Waals surface area contributed by atoms with Gasteiger partial charge in [-0.3, -0.25) is 4.79 Å². The predicted molar refractivity (Wildman–Crippen MR) is 68.7 cm³/mol. The Morgan fingerprint density at radius 2 is 2.35 bits per heavy atom. The number of carbonyl (C=O) groups is 1. The summed E-state index contributed by atoms with van der Waals surface area (Å²) in [7, 11) is 0. The van der Waals surface area contributed by atoms with Gasteiger partial charge in [0.05, 0.1) is 12.1 Å². The van der Waals surface area contributed by atoms with E-state index in [2.05, 4.69) is 17.6 Å². The molecule has 1 saturated heterocycles. The van der Waals surface area contributed by atoms with Crippen LogP contribution in [-0.2, 0) is 4.79 Å². The van der Waals surface area contributed by atoms with Gasteiger partial charge in [-0.15, -0.1) is 0 Å². The number of amides is 1. The maximum Gasteiger partial charge on any atom is 0.237 e. The molecule has 1 aliphatic heterocycles. The molecule has 1 aliphatic rings. The third kappa shape index (κ3) is 5.50. The molecule has 1 heterocycles. The average molecular weight is 242 g/mol. The van der Waals surface area contributed by atoms with Crippen LogP contribution in [0.4, 0.5) is 0 Å². The SMILES string of the molecule is CCC1CCNC(C(=O)NCCCC(C)O)C1. The highest BCUT2D eigenvalue weighted by atomic mass is 16.3. The summed E-state index contributed by atoms with van der Waals surface area (Å²) >= 11 is 0. The summed E-state index contributed by atoms with van der Waals surface area (Å²) in [6, 6.07) is -0.0137. The molecule has 3 unspecified atom stereocenters. The zero-order valence-electron chi connectivity index (χ0n) is 11.0. The number of aliphatic hydroxyl groups excluding tert-OH is 1. The highest BCUT2D eigenvalue weighted by Gasteiger charge is 2.25. The molecule has 0 spiro atoms. The largest absolute Gasteiger partial charge is 0.393 e. The summed E-state index contributed by atoms with van der Waals surface area (Å²) in [5.74, 6) is 0.804. The molecular formula is C13H26N2O2. The lowest BCUT2D eigenvalue weighted by atomic mass is 9.90. The fraction of sp³-hybridized carbons (Fsp3) is 0.923. The van der Waals surface area contributed by atoms with E-state index in [9.17, 15) is 4.79 Å². The van der Waals surface area contributed by atoms with Gasteiger partial charge in [-0.05, 0) is 45.1 Å². The van der Waals surface area contributed by atoms with E-state index in [1.165, 1.54) is 6.42 Å². The molecular weight excluding hydrogens is 216 g/mol. The van der Waals surface area contributed by atoms with Crippen LogP contribution in [0.1, 0.15) is 46.0 Å². The number of nitrogens with one attached hydrogen (secondary N) is 2. The first kappa shape index (κ1) is 14.5. The summed E-state index contributed by atoms with van der Waals surface area (Å²) in [6.07, 6.45) is 4.61. The molecule has 0 radical (unpaired) electrons. The summed E-state index contributed by atoms with van der Waals surface area (Å²) in [5.41, 5.74) is 0. The highest BCUT2D eigenvalue weighted by molar-refractivity contribution is 5.81. The minimum Gasteiger partial charge on any atom is -0.393 e. The maximum atomic E-state index is 11.9. The number of hydrogen-bond donors (Lipinski definition) is 3. The van der Waals surface area contributed by atoms with E-state index < -0.39 is 0 Å². The Labute approximate surface area is 104 Å². The lowest BCUT2D eigenvalue weighted by Gasteiger charge is -2.28. The van der Waals surface area contributed by atoms with Crippen molar-refractivity contribution in [2.75, 3.05) is 13.1 Å². The zero-order valence-corrected chi connectivity index (χ0v) is 11.0. The van der Waals surface area contributed by atoms with Gasteiger partial charge >= 0.3 is 0 Å². The maximum absolute atomic E-state index is 11.9. The van der Waals surface area contributed by atoms with Crippen molar-refractivity contribution in [2.45, 2.75) is 58.1 Å². The Bertz CT molecular complexity index is 231. The molecule has 0 aromatic carbocycles. The monoisotopic (exact) mass is 242 g/mol. The Morgan fingerprint density at radius 3 is 3.00 bits per heavy atom. The molecule has 0 aliphatic carbocycles. The van der Waals surface area contributed by atoms with Crippen LogP contribution < -0.4 is 10.6 Å². The Kier molecular flexibility index (Phi) is 6.52. The number of rotatable bonds is 6. The molecule has 3 N–H and O–H groups in total. The Hall–Kier alpha value is -0.610. The molecule has 1 rings (SSSR count). The molecule has 0 bridgehead atoms. The van der Waals surface area contributed by atoms with Gasteiger partial charge in [-0.1, -0.05) is 13.3 Å². The third-order valence-electron chi connectivity index (χ3n) is 3.50. The van der Waals surface area contributed by atoms with Crippen LogP contribution in [0.5, 0.6) is 0 Å². The van der Waals surface area contributed by atoms with Gasteiger partial charge in [0.15, 0.2) is 0 Å². The molecule has 100 valence electrons. The highest BCUT2D eigenvalue weighted by Crippen LogP contribution is 2.19. The van der Waals surface area contributed by atoms with E-state index in [0.717, 1.165) is 32.2 Å². The molecule has 4 heteroatoms. The molecule has 1 fully saturated rings. The minimum atomic E-state index is -0.274. The van der Waals surface area contributed by atoms with Crippen molar-refractivity contribution in [3.8, 4) is 0 Å². The van der Waals surface area contributed by atoms with Crippen molar-refractivity contribution in [3.05, 3.63) is 0 Å². The fourth-order valence-corrected chi connectivity index (χ4v) is 2.30. The third-order valence-corrected chi connectivity index (χ3v) is 3.50. The normalized spacial score (nSPS) is 26.5. The fourth-order valence-electron chi connectivity index (χ4n) is 2.30. The van der Waals surface area contributed by atoms with E-state index in [1.807, 2.05) is 0 Å². The van der Waals surface area contributed by atoms with Crippen LogP contribution in [0.25, 0.3) is 0 Å². The lowest BCUT2D eigenvalue weighted by Crippen LogP contribution is -2.48. The van der Waals surface area contributed by atoms with Crippen molar-refractivity contribution in [2.24, 2.45) is 5.92 Å². The second kappa shape index (κ2) is 7.67. The molecule has 0 saturated carbocycles. The summed E-state index contributed by atoms with van der Waals surface area (Å²) in [6.45, 7) is 5.58. The first-order valence-corrected chi connectivity index (χ1v) is 6.82. The van der Waals surface area contributed by atoms with E-state index in [1.54, 1.807) is 6.92 Å². The van der Waals surface area contributed by atoms with Gasteiger partial charge in [-0.2, -0.15) is 0 Å². The average Bonchev–Trinajstić information content (AvgIpc) is 2.34. The van der Waals surface area contributed by atoms with Gasteiger partial charge < -0.3 is 15.7 Å². The zero-order chi connectivity index (χ0) is 12.7. The summed E-state index contributed by atoms with van der Waals surface area (Å²) in [4.78, 5) is 11.9. The van der Waals surface area contributed by atoms with Crippen LogP contribution in [0, 0.1) is 5.92 Å². The summed E-state index contributed by atoms with van der Waals surface area (Å²) in [5, 5.41) is 15.3. The number of aliphatic hydroxyl groups is 1. The number of carbonyl (C=O) groups excluding carboxylic acids is 1. The second-order valence-corrected chi connectivity index (χ2v) is 5.09. The van der Waals surface area contributed by atoms with Crippen molar-refractivity contribution >= 4 is 5.91 Å². The van der Waals surface area contributed by atoms with E-state index in [0.29, 0.717) is 12.5 Å². The van der Waals surface area contributed by atoms with Gasteiger partial charge in [-0.25, -0.2) is 0 Å². The Morgan fingerprint density at radius 1 is 1.59 bits per heavy atom. The first-order chi connectivity index (χ1) is 8.13. The standard InChI is InChI=1S/C13H26N2O2/c1-3-11-6-8-14-12(9-11)13(17)15-7-4-5-10(2)16/h10-12,14,16H,3-9H2,1-2H3,(H,15,17). The Balaban J connectivity index is 2.18. The quantitative estimate of drug-likeness (QED) is 0.610. The van der Waals surface area contributed by atoms with Gasteiger partial charge in [0.25, 0.3) is 0 Å². The number of hydrogen-bond acceptors (Lipinski definition) is 3. The van der Waals surface area contributed by atoms with Crippen LogP contribution in [0.2, 0.25) is 0 Å². The lowest BCUT2D eigenvalue weighted by molar-refractivity contribution is -0.124. The minimum absolute atomic E-state index is 0.0137. The number of piperidine rings is 1. The van der Waals surface area contributed by atoms with Gasteiger partial charge in [0.1, 0.15) is 0 Å². The predicted octanol–water partition coefficient (Wildman–Crippen LogP) is 1.04. The molecule has 4 nitrogen and oxygen atoms in total. The molecule has 1 amide bonds. The van der Waals surface area contributed by atoms with Crippen molar-refractivity contribution in [3.63, 3.8) is 0 Å². The van der Waals surface area contributed by atoms with Crippen molar-refractivity contribution < 1.29 is 9.90 Å². The molecule has 3 atom stereocenters. The van der Waals surface area contributed by atoms with Gasteiger partial charge in [0.2, 0.25) is 5.91 Å². The topological polar surface area (TPSA) is 61.4 Å². The van der Waals surface area contributed by atoms with E-state index in [-0.39, 0.29) is 18.1 Å². The van der Waals surface area contributed by atoms with Crippen LogP contribution >= 0.6 is 0 Å². The molecule has 0 aromatic heterocycles. The van der Waals surface area contributed by atoms with Crippen LogP contribution in [-0.4, -0.2) is 36.2 Å². The molecule has 17 heavy (non-hydrogen) atoms. The van der Waals surface area contributed by atoms with E-state index >= 15 is 0 Å². The summed E-state index contributed by atoms with van der Waals surface area (Å²) < 4.78 is 0. The van der Waals surface area contributed by atoms with Crippen LogP contribution in [0.15, 0.2) is 0 Å². The second-order valence-electron chi connectivity index (χ2n) is 5.09. The molecule has 0 aromatic rings. The first-order valence-electron chi connectivity index (χ1n) is 6.82. The van der Waals surface area contributed by atoms with Gasteiger partial charge in [0, 0.05) is 6.54 Å². The van der Waals surface area contributed by atoms with E-state index in [4.69, 9.17) is 5.11 Å². The van der Waals surface area contributed by atoms with Crippen molar-refractivity contribution in [1.29, 1.82) is 0 Å².